The van der Waals surface area contributed by atoms with E-state index in [4.69, 9.17) is 9.84 Å². The second-order valence-electron chi connectivity index (χ2n) is 3.56. The lowest BCUT2D eigenvalue weighted by Gasteiger charge is -2.04. The SMILES string of the molecule is COc1ccc(-c2nc(CC(=O)O)cs2)c(Br)c1. The minimum Gasteiger partial charge on any atom is -0.497 e. The van der Waals surface area contributed by atoms with Gasteiger partial charge in [0, 0.05) is 15.4 Å². The number of thiazole rings is 1. The zero-order valence-electron chi connectivity index (χ0n) is 9.51. The molecule has 0 atom stereocenters. The van der Waals surface area contributed by atoms with Gasteiger partial charge in [0.2, 0.25) is 0 Å². The van der Waals surface area contributed by atoms with Crippen molar-refractivity contribution in [2.45, 2.75) is 6.42 Å². The molecule has 4 nitrogen and oxygen atoms in total. The van der Waals surface area contributed by atoms with Crippen LogP contribution in [0.15, 0.2) is 28.1 Å². The highest BCUT2D eigenvalue weighted by molar-refractivity contribution is 9.10. The minimum absolute atomic E-state index is 0.0513. The highest BCUT2D eigenvalue weighted by Crippen LogP contribution is 2.33. The van der Waals surface area contributed by atoms with Crippen LogP contribution in [0.25, 0.3) is 10.6 Å². The third-order valence-corrected chi connectivity index (χ3v) is 3.87. The molecule has 2 rings (SSSR count). The number of carboxylic acid groups (broad SMARTS) is 1. The van der Waals surface area contributed by atoms with Gasteiger partial charge in [-0.1, -0.05) is 0 Å². The van der Waals surface area contributed by atoms with Gasteiger partial charge >= 0.3 is 5.97 Å². The highest BCUT2D eigenvalue weighted by atomic mass is 79.9. The summed E-state index contributed by atoms with van der Waals surface area (Å²) in [6.45, 7) is 0. The Hall–Kier alpha value is -1.40. The minimum atomic E-state index is -0.874. The smallest absolute Gasteiger partial charge is 0.309 e. The maximum atomic E-state index is 10.6. The number of rotatable bonds is 4. The van der Waals surface area contributed by atoms with Crippen molar-refractivity contribution in [2.75, 3.05) is 7.11 Å². The summed E-state index contributed by atoms with van der Waals surface area (Å²) in [6, 6.07) is 5.60. The maximum absolute atomic E-state index is 10.6. The molecule has 0 saturated heterocycles. The van der Waals surface area contributed by atoms with E-state index in [0.717, 1.165) is 20.8 Å². The fourth-order valence-corrected chi connectivity index (χ4v) is 3.00. The standard InChI is InChI=1S/C12H10BrNO3S/c1-17-8-2-3-9(10(13)5-8)12-14-7(6-18-12)4-11(15)16/h2-3,5-6H,4H2,1H3,(H,15,16). The summed E-state index contributed by atoms with van der Waals surface area (Å²) >= 11 is 4.88. The fraction of sp³-hybridized carbons (Fsp3) is 0.167. The van der Waals surface area contributed by atoms with Crippen molar-refractivity contribution in [1.29, 1.82) is 0 Å². The first-order valence-electron chi connectivity index (χ1n) is 5.10. The molecule has 1 N–H and O–H groups in total. The van der Waals surface area contributed by atoms with Gasteiger partial charge in [-0.3, -0.25) is 4.79 Å². The average Bonchev–Trinajstić information content (AvgIpc) is 2.76. The Balaban J connectivity index is 2.31. The number of aromatic nitrogens is 1. The van der Waals surface area contributed by atoms with Crippen molar-refractivity contribution in [3.63, 3.8) is 0 Å². The van der Waals surface area contributed by atoms with Crippen LogP contribution < -0.4 is 4.74 Å². The van der Waals surface area contributed by atoms with Gasteiger partial charge in [0.25, 0.3) is 0 Å². The van der Waals surface area contributed by atoms with Crippen molar-refractivity contribution in [1.82, 2.24) is 4.98 Å². The Morgan fingerprint density at radius 2 is 2.33 bits per heavy atom. The van der Waals surface area contributed by atoms with Gasteiger partial charge in [0.15, 0.2) is 0 Å². The predicted molar refractivity (Wildman–Crippen MR) is 73.1 cm³/mol. The monoisotopic (exact) mass is 327 g/mol. The first kappa shape index (κ1) is 13.0. The number of nitrogens with zero attached hydrogens (tertiary/aromatic N) is 1. The van der Waals surface area contributed by atoms with Gasteiger partial charge in [0.05, 0.1) is 19.2 Å². The van der Waals surface area contributed by atoms with Crippen LogP contribution >= 0.6 is 27.3 Å². The van der Waals surface area contributed by atoms with E-state index in [1.165, 1.54) is 11.3 Å². The van der Waals surface area contributed by atoms with Crippen LogP contribution in [0.4, 0.5) is 0 Å². The van der Waals surface area contributed by atoms with Crippen molar-refractivity contribution in [2.24, 2.45) is 0 Å². The molecule has 0 fully saturated rings. The van der Waals surface area contributed by atoms with Crippen LogP contribution in [0.1, 0.15) is 5.69 Å². The van der Waals surface area contributed by atoms with E-state index in [2.05, 4.69) is 20.9 Å². The first-order chi connectivity index (χ1) is 8.60. The van der Waals surface area contributed by atoms with Gasteiger partial charge in [0.1, 0.15) is 10.8 Å². The number of benzene rings is 1. The molecule has 94 valence electrons. The van der Waals surface area contributed by atoms with E-state index >= 15 is 0 Å². The quantitative estimate of drug-likeness (QED) is 0.936. The van der Waals surface area contributed by atoms with E-state index in [0.29, 0.717) is 5.69 Å². The largest absolute Gasteiger partial charge is 0.497 e. The summed E-state index contributed by atoms with van der Waals surface area (Å²) in [7, 11) is 1.61. The third kappa shape index (κ3) is 2.88. The molecule has 18 heavy (non-hydrogen) atoms. The van der Waals surface area contributed by atoms with Crippen molar-refractivity contribution in [3.05, 3.63) is 33.7 Å². The molecule has 0 aliphatic carbocycles. The predicted octanol–water partition coefficient (Wildman–Crippen LogP) is 3.21. The van der Waals surface area contributed by atoms with Gasteiger partial charge in [-0.15, -0.1) is 11.3 Å². The van der Waals surface area contributed by atoms with E-state index in [-0.39, 0.29) is 6.42 Å². The topological polar surface area (TPSA) is 59.4 Å². The van der Waals surface area contributed by atoms with Crippen LogP contribution in [-0.4, -0.2) is 23.2 Å². The fourth-order valence-electron chi connectivity index (χ4n) is 1.46. The Bertz CT molecular complexity index is 582. The number of ether oxygens (including phenoxy) is 1. The molecule has 1 aromatic heterocycles. The number of aliphatic carboxylic acids is 1. The van der Waals surface area contributed by atoms with E-state index in [1.807, 2.05) is 18.2 Å². The van der Waals surface area contributed by atoms with Crippen LogP contribution in [0.3, 0.4) is 0 Å². The molecule has 0 aliphatic rings. The second kappa shape index (κ2) is 5.49. The van der Waals surface area contributed by atoms with E-state index in [9.17, 15) is 4.79 Å². The lowest BCUT2D eigenvalue weighted by molar-refractivity contribution is -0.136. The van der Waals surface area contributed by atoms with E-state index < -0.39 is 5.97 Å². The number of hydrogen-bond donors (Lipinski definition) is 1. The Morgan fingerprint density at radius 1 is 1.56 bits per heavy atom. The zero-order chi connectivity index (χ0) is 13.1. The Kier molecular flexibility index (Phi) is 3.98. The normalized spacial score (nSPS) is 10.3. The molecular formula is C12H10BrNO3S. The molecule has 2 aromatic rings. The molecule has 1 aromatic carbocycles. The number of carboxylic acids is 1. The molecule has 0 amide bonds. The average molecular weight is 328 g/mol. The lowest BCUT2D eigenvalue weighted by Crippen LogP contribution is -1.99. The van der Waals surface area contributed by atoms with Gasteiger partial charge in [-0.2, -0.15) is 0 Å². The number of halogens is 1. The lowest BCUT2D eigenvalue weighted by atomic mass is 10.2. The molecule has 0 spiro atoms. The molecule has 0 aliphatic heterocycles. The van der Waals surface area contributed by atoms with Gasteiger partial charge in [-0.05, 0) is 34.1 Å². The summed E-state index contributed by atoms with van der Waals surface area (Å²) in [5.74, 6) is -0.117. The van der Waals surface area contributed by atoms with E-state index in [1.54, 1.807) is 12.5 Å². The maximum Gasteiger partial charge on any atom is 0.309 e. The molecule has 6 heteroatoms. The second-order valence-corrected chi connectivity index (χ2v) is 5.27. The zero-order valence-corrected chi connectivity index (χ0v) is 11.9. The van der Waals surface area contributed by atoms with Crippen molar-refractivity contribution >= 4 is 33.2 Å². The van der Waals surface area contributed by atoms with Crippen LogP contribution in [0.2, 0.25) is 0 Å². The Morgan fingerprint density at radius 3 is 2.94 bits per heavy atom. The number of hydrogen-bond acceptors (Lipinski definition) is 4. The third-order valence-electron chi connectivity index (χ3n) is 2.29. The molecule has 0 radical (unpaired) electrons. The number of carbonyl (C=O) groups is 1. The summed E-state index contributed by atoms with van der Waals surface area (Å²) in [5.41, 5.74) is 1.50. The Labute approximate surface area is 116 Å². The molecule has 0 saturated carbocycles. The highest BCUT2D eigenvalue weighted by Gasteiger charge is 2.11. The number of methoxy groups -OCH3 is 1. The van der Waals surface area contributed by atoms with Crippen LogP contribution in [0.5, 0.6) is 5.75 Å². The summed E-state index contributed by atoms with van der Waals surface area (Å²) in [4.78, 5) is 14.9. The molecular weight excluding hydrogens is 318 g/mol. The molecule has 0 unspecified atom stereocenters. The van der Waals surface area contributed by atoms with Crippen molar-refractivity contribution < 1.29 is 14.6 Å². The summed E-state index contributed by atoms with van der Waals surface area (Å²) < 4.78 is 5.99. The van der Waals surface area contributed by atoms with Crippen molar-refractivity contribution in [3.8, 4) is 16.3 Å². The van der Waals surface area contributed by atoms with Gasteiger partial charge in [-0.25, -0.2) is 4.98 Å². The molecule has 1 heterocycles. The summed E-state index contributed by atoms with van der Waals surface area (Å²) in [6.07, 6.45) is -0.0513. The first-order valence-corrected chi connectivity index (χ1v) is 6.77. The van der Waals surface area contributed by atoms with Gasteiger partial charge < -0.3 is 9.84 Å². The summed E-state index contributed by atoms with van der Waals surface area (Å²) in [5, 5.41) is 11.3. The van der Waals surface area contributed by atoms with Crippen LogP contribution in [-0.2, 0) is 11.2 Å². The molecule has 0 bridgehead atoms. The van der Waals surface area contributed by atoms with Crippen LogP contribution in [0, 0.1) is 0 Å².